The number of unbranched alkanes of at least 4 members (excludes halogenated alkanes) is 1. The van der Waals surface area contributed by atoms with Crippen molar-refractivity contribution in [3.8, 4) is 0 Å². The first-order chi connectivity index (χ1) is 11.2. The summed E-state index contributed by atoms with van der Waals surface area (Å²) in [5, 5.41) is 10.2. The Morgan fingerprint density at radius 2 is 2.12 bits per heavy atom. The van der Waals surface area contributed by atoms with Gasteiger partial charge >= 0.3 is 0 Å². The number of rotatable bonds is 5. The maximum atomic E-state index is 13.2. The lowest BCUT2D eigenvalue weighted by Crippen LogP contribution is -2.61. The smallest absolute Gasteiger partial charge is 0.231 e. The summed E-state index contributed by atoms with van der Waals surface area (Å²) in [6.07, 6.45) is 1.86. The van der Waals surface area contributed by atoms with Gasteiger partial charge in [0, 0.05) is 18.4 Å². The third-order valence-electron chi connectivity index (χ3n) is 5.91. The molecule has 0 aliphatic carbocycles. The molecule has 0 aromatic carbocycles. The summed E-state index contributed by atoms with van der Waals surface area (Å²) in [6.45, 7) is 11.0. The Morgan fingerprint density at radius 3 is 2.71 bits per heavy atom. The van der Waals surface area contributed by atoms with Gasteiger partial charge in [-0.2, -0.15) is 0 Å². The van der Waals surface area contributed by atoms with E-state index in [-0.39, 0.29) is 36.4 Å². The van der Waals surface area contributed by atoms with Crippen molar-refractivity contribution in [2.75, 3.05) is 19.8 Å². The van der Waals surface area contributed by atoms with Crippen molar-refractivity contribution in [1.82, 2.24) is 4.90 Å². The van der Waals surface area contributed by atoms with Gasteiger partial charge in [0.1, 0.15) is 17.4 Å². The highest BCUT2D eigenvalue weighted by atomic mass is 16.7. The SMILES string of the molecule is CCCCOC1C[C@H]2C(=O)N3[C@H](C(C)(C)C)OC[C@@]3(CO)[C@@]2(C)O1. The van der Waals surface area contributed by atoms with Gasteiger partial charge in [-0.1, -0.05) is 34.1 Å². The van der Waals surface area contributed by atoms with Crippen LogP contribution in [0.15, 0.2) is 0 Å². The molecule has 3 fully saturated rings. The number of ether oxygens (including phenoxy) is 3. The number of carbonyl (C=O) groups excluding carboxylic acids is 1. The molecule has 138 valence electrons. The van der Waals surface area contributed by atoms with Crippen LogP contribution in [0.1, 0.15) is 53.9 Å². The summed E-state index contributed by atoms with van der Waals surface area (Å²) in [6, 6.07) is 0. The van der Waals surface area contributed by atoms with Gasteiger partial charge in [0.15, 0.2) is 6.29 Å². The standard InChI is InChI=1S/C18H31NO5/c1-6-7-8-22-13-9-12-14(21)19-15(16(2,3)4)23-11-18(19,10-20)17(12,5)24-13/h12-13,15,20H,6-11H2,1-5H3/t12-,13?,15-,17-,18-/m0/s1. The van der Waals surface area contributed by atoms with E-state index in [0.717, 1.165) is 12.8 Å². The highest BCUT2D eigenvalue weighted by Crippen LogP contribution is 2.57. The summed E-state index contributed by atoms with van der Waals surface area (Å²) in [7, 11) is 0. The summed E-state index contributed by atoms with van der Waals surface area (Å²) in [5.41, 5.74) is -1.83. The van der Waals surface area contributed by atoms with Gasteiger partial charge in [-0.15, -0.1) is 0 Å². The Balaban J connectivity index is 1.87. The van der Waals surface area contributed by atoms with Crippen molar-refractivity contribution in [2.45, 2.75) is 77.5 Å². The number of amides is 1. The van der Waals surface area contributed by atoms with E-state index in [1.54, 1.807) is 4.90 Å². The first-order valence-electron chi connectivity index (χ1n) is 9.06. The summed E-state index contributed by atoms with van der Waals surface area (Å²) < 4.78 is 18.0. The highest BCUT2D eigenvalue weighted by Gasteiger charge is 2.75. The van der Waals surface area contributed by atoms with E-state index >= 15 is 0 Å². The number of fused-ring (bicyclic) bond motifs is 3. The molecule has 1 unspecified atom stereocenters. The Labute approximate surface area is 144 Å². The molecule has 0 bridgehead atoms. The third-order valence-corrected chi connectivity index (χ3v) is 5.91. The van der Waals surface area contributed by atoms with E-state index in [1.165, 1.54) is 0 Å². The molecule has 3 aliphatic rings. The average molecular weight is 341 g/mol. The van der Waals surface area contributed by atoms with Crippen molar-refractivity contribution in [1.29, 1.82) is 0 Å². The molecule has 1 amide bonds. The Hall–Kier alpha value is -0.690. The average Bonchev–Trinajstić information content (AvgIpc) is 3.10. The molecule has 0 aromatic rings. The predicted octanol–water partition coefficient (Wildman–Crippen LogP) is 1.90. The highest BCUT2D eigenvalue weighted by molar-refractivity contribution is 5.86. The zero-order chi connectivity index (χ0) is 17.8. The summed E-state index contributed by atoms with van der Waals surface area (Å²) in [4.78, 5) is 14.9. The lowest BCUT2D eigenvalue weighted by Gasteiger charge is -2.42. The minimum Gasteiger partial charge on any atom is -0.394 e. The quantitative estimate of drug-likeness (QED) is 0.774. The van der Waals surface area contributed by atoms with E-state index in [9.17, 15) is 9.90 Å². The second-order valence-electron chi connectivity index (χ2n) is 8.59. The second kappa shape index (κ2) is 5.94. The lowest BCUT2D eigenvalue weighted by molar-refractivity contribution is -0.198. The first-order valence-corrected chi connectivity index (χ1v) is 9.06. The molecule has 3 heterocycles. The summed E-state index contributed by atoms with van der Waals surface area (Å²) in [5.74, 6) is -0.268. The van der Waals surface area contributed by atoms with Gasteiger partial charge in [0.2, 0.25) is 5.91 Å². The van der Waals surface area contributed by atoms with E-state index < -0.39 is 11.1 Å². The molecule has 0 aromatic heterocycles. The van der Waals surface area contributed by atoms with Crippen LogP contribution in [0.3, 0.4) is 0 Å². The number of nitrogens with zero attached hydrogens (tertiary/aromatic N) is 1. The largest absolute Gasteiger partial charge is 0.394 e. The molecule has 3 rings (SSSR count). The zero-order valence-corrected chi connectivity index (χ0v) is 15.5. The fraction of sp³-hybridized carbons (Fsp3) is 0.944. The predicted molar refractivity (Wildman–Crippen MR) is 88.1 cm³/mol. The van der Waals surface area contributed by atoms with Crippen LogP contribution in [0.25, 0.3) is 0 Å². The molecule has 24 heavy (non-hydrogen) atoms. The molecular weight excluding hydrogens is 310 g/mol. The maximum absolute atomic E-state index is 13.2. The van der Waals surface area contributed by atoms with Crippen LogP contribution in [0.4, 0.5) is 0 Å². The molecular formula is C18H31NO5. The minimum absolute atomic E-state index is 0.0190. The monoisotopic (exact) mass is 341 g/mol. The van der Waals surface area contributed by atoms with Crippen LogP contribution in [0.2, 0.25) is 0 Å². The van der Waals surface area contributed by atoms with Crippen molar-refractivity contribution < 1.29 is 24.1 Å². The third kappa shape index (κ3) is 2.34. The van der Waals surface area contributed by atoms with E-state index in [2.05, 4.69) is 6.92 Å². The molecule has 6 heteroatoms. The molecule has 0 spiro atoms. The van der Waals surface area contributed by atoms with Gasteiger partial charge in [0.05, 0.1) is 19.1 Å². The molecule has 3 saturated heterocycles. The van der Waals surface area contributed by atoms with Gasteiger partial charge in [-0.3, -0.25) is 4.79 Å². The Bertz CT molecular complexity index is 504. The van der Waals surface area contributed by atoms with Crippen LogP contribution >= 0.6 is 0 Å². The van der Waals surface area contributed by atoms with Crippen LogP contribution in [0, 0.1) is 11.3 Å². The lowest BCUT2D eigenvalue weighted by atomic mass is 9.77. The van der Waals surface area contributed by atoms with Gasteiger partial charge < -0.3 is 24.2 Å². The molecule has 3 aliphatic heterocycles. The fourth-order valence-corrected chi connectivity index (χ4v) is 4.43. The maximum Gasteiger partial charge on any atom is 0.231 e. The molecule has 0 saturated carbocycles. The van der Waals surface area contributed by atoms with Crippen molar-refractivity contribution in [3.63, 3.8) is 0 Å². The number of hydrogen-bond donors (Lipinski definition) is 1. The molecule has 6 nitrogen and oxygen atoms in total. The van der Waals surface area contributed by atoms with Crippen molar-refractivity contribution >= 4 is 5.91 Å². The second-order valence-corrected chi connectivity index (χ2v) is 8.59. The molecule has 0 radical (unpaired) electrons. The normalized spacial score (nSPS) is 41.8. The molecule has 5 atom stereocenters. The van der Waals surface area contributed by atoms with Gasteiger partial charge in [-0.25, -0.2) is 0 Å². The van der Waals surface area contributed by atoms with Gasteiger partial charge in [-0.05, 0) is 13.3 Å². The fourth-order valence-electron chi connectivity index (χ4n) is 4.43. The van der Waals surface area contributed by atoms with E-state index in [1.807, 2.05) is 27.7 Å². The van der Waals surface area contributed by atoms with Crippen LogP contribution in [0.5, 0.6) is 0 Å². The number of carbonyl (C=O) groups is 1. The van der Waals surface area contributed by atoms with Crippen LogP contribution in [-0.4, -0.2) is 59.4 Å². The molecule has 1 N–H and O–H groups in total. The first kappa shape index (κ1) is 18.1. The Morgan fingerprint density at radius 1 is 1.42 bits per heavy atom. The zero-order valence-electron chi connectivity index (χ0n) is 15.5. The van der Waals surface area contributed by atoms with Crippen LogP contribution in [-0.2, 0) is 19.0 Å². The summed E-state index contributed by atoms with van der Waals surface area (Å²) >= 11 is 0. The van der Waals surface area contributed by atoms with Crippen molar-refractivity contribution in [3.05, 3.63) is 0 Å². The van der Waals surface area contributed by atoms with Crippen molar-refractivity contribution in [2.24, 2.45) is 11.3 Å². The Kier molecular flexibility index (Phi) is 4.48. The number of aliphatic hydroxyl groups excluding tert-OH is 1. The number of aliphatic hydroxyl groups is 1. The minimum atomic E-state index is -0.824. The van der Waals surface area contributed by atoms with E-state index in [4.69, 9.17) is 14.2 Å². The number of hydrogen-bond acceptors (Lipinski definition) is 5. The van der Waals surface area contributed by atoms with Crippen LogP contribution < -0.4 is 0 Å². The topological polar surface area (TPSA) is 68.2 Å². The van der Waals surface area contributed by atoms with E-state index in [0.29, 0.717) is 19.6 Å². The van der Waals surface area contributed by atoms with Gasteiger partial charge in [0.25, 0.3) is 0 Å².